The molecule has 0 unspecified atom stereocenters. The maximum absolute atomic E-state index is 5.38. The zero-order valence-corrected chi connectivity index (χ0v) is 20.2. The SMILES string of the molecule is COc1ccc(C[C@H]2C[N+]3=C(NC[C@@H]3C3CCCCC3)N2CCCC2CCCCC2)cc1. The topological polar surface area (TPSA) is 27.5 Å². The first-order valence-corrected chi connectivity index (χ1v) is 13.6. The Morgan fingerprint density at radius 2 is 1.69 bits per heavy atom. The Morgan fingerprint density at radius 3 is 2.41 bits per heavy atom. The van der Waals surface area contributed by atoms with Crippen molar-refractivity contribution in [1.82, 2.24) is 10.2 Å². The van der Waals surface area contributed by atoms with Crippen LogP contribution in [0.5, 0.6) is 5.75 Å². The van der Waals surface area contributed by atoms with E-state index in [1.165, 1.54) is 102 Å². The number of rotatable bonds is 8. The number of nitrogens with one attached hydrogen (secondary N) is 1. The van der Waals surface area contributed by atoms with Gasteiger partial charge in [-0.15, -0.1) is 0 Å². The average Bonchev–Trinajstić information content (AvgIpc) is 3.40. The molecule has 2 fully saturated rings. The molecule has 0 saturated heterocycles. The molecule has 0 bridgehead atoms. The summed E-state index contributed by atoms with van der Waals surface area (Å²) >= 11 is 0. The standard InChI is InChI=1S/C28H43N3O/c1-32-26-16-14-23(15-17-26)19-25-21-31-27(24-12-6-3-7-13-24)20-29-28(31)30(25)18-8-11-22-9-4-2-5-10-22/h14-17,22,24-25,27H,2-13,18-21H2,1H3/p+1/t25-,27+/m0/s1. The summed E-state index contributed by atoms with van der Waals surface area (Å²) in [7, 11) is 1.75. The third-order valence-electron chi connectivity index (χ3n) is 8.82. The summed E-state index contributed by atoms with van der Waals surface area (Å²) in [5, 5.41) is 3.89. The van der Waals surface area contributed by atoms with Gasteiger partial charge in [0.2, 0.25) is 0 Å². The van der Waals surface area contributed by atoms with Crippen molar-refractivity contribution in [3.8, 4) is 5.75 Å². The number of methoxy groups -OCH3 is 1. The molecule has 1 aromatic rings. The lowest BCUT2D eigenvalue weighted by molar-refractivity contribution is -0.559. The highest BCUT2D eigenvalue weighted by molar-refractivity contribution is 5.78. The fourth-order valence-electron chi connectivity index (χ4n) is 7.01. The molecule has 4 aliphatic rings. The minimum absolute atomic E-state index is 0.587. The molecule has 0 amide bonds. The molecule has 2 saturated carbocycles. The van der Waals surface area contributed by atoms with E-state index in [1.807, 2.05) is 0 Å². The zero-order valence-electron chi connectivity index (χ0n) is 20.2. The van der Waals surface area contributed by atoms with Gasteiger partial charge in [0.05, 0.1) is 20.2 Å². The fourth-order valence-corrected chi connectivity index (χ4v) is 7.01. The van der Waals surface area contributed by atoms with Gasteiger partial charge >= 0.3 is 5.96 Å². The first-order valence-electron chi connectivity index (χ1n) is 13.6. The first kappa shape index (κ1) is 22.1. The Kier molecular flexibility index (Phi) is 7.24. The Bertz CT molecular complexity index is 761. The fraction of sp³-hybridized carbons (Fsp3) is 0.750. The first-order chi connectivity index (χ1) is 15.8. The van der Waals surface area contributed by atoms with Crippen LogP contribution < -0.4 is 10.1 Å². The summed E-state index contributed by atoms with van der Waals surface area (Å²) in [4.78, 5) is 2.76. The second-order valence-electron chi connectivity index (χ2n) is 10.9. The third-order valence-corrected chi connectivity index (χ3v) is 8.82. The van der Waals surface area contributed by atoms with Crippen LogP contribution in [0.2, 0.25) is 0 Å². The lowest BCUT2D eigenvalue weighted by atomic mass is 9.84. The molecule has 2 heterocycles. The van der Waals surface area contributed by atoms with E-state index in [4.69, 9.17) is 4.74 Å². The molecule has 4 heteroatoms. The summed E-state index contributed by atoms with van der Waals surface area (Å²) in [5.41, 5.74) is 1.43. The minimum Gasteiger partial charge on any atom is -0.497 e. The number of hydrogen-bond donors (Lipinski definition) is 1. The number of benzene rings is 1. The van der Waals surface area contributed by atoms with E-state index in [-0.39, 0.29) is 0 Å². The van der Waals surface area contributed by atoms with Crippen LogP contribution in [-0.2, 0) is 6.42 Å². The van der Waals surface area contributed by atoms with Gasteiger partial charge in [0, 0.05) is 6.42 Å². The summed E-state index contributed by atoms with van der Waals surface area (Å²) in [6.07, 6.45) is 18.4. The highest BCUT2D eigenvalue weighted by Gasteiger charge is 2.47. The third kappa shape index (κ3) is 4.94. The highest BCUT2D eigenvalue weighted by Crippen LogP contribution is 2.32. The van der Waals surface area contributed by atoms with Crippen molar-refractivity contribution in [1.29, 1.82) is 0 Å². The zero-order chi connectivity index (χ0) is 21.8. The molecule has 5 rings (SSSR count). The minimum atomic E-state index is 0.587. The van der Waals surface area contributed by atoms with Gasteiger partial charge in [0.25, 0.3) is 0 Å². The molecular formula is C28H44N3O+. The van der Waals surface area contributed by atoms with Gasteiger partial charge in [0.1, 0.15) is 24.4 Å². The van der Waals surface area contributed by atoms with Gasteiger partial charge in [0.15, 0.2) is 0 Å². The van der Waals surface area contributed by atoms with Gasteiger partial charge < -0.3 is 4.74 Å². The molecule has 1 N–H and O–H groups in total. The maximum atomic E-state index is 5.38. The van der Waals surface area contributed by atoms with Crippen molar-refractivity contribution in [3.63, 3.8) is 0 Å². The molecule has 2 aliphatic heterocycles. The highest BCUT2D eigenvalue weighted by atomic mass is 16.5. The Hall–Kier alpha value is -1.71. The summed E-state index contributed by atoms with van der Waals surface area (Å²) in [6, 6.07) is 10.1. The van der Waals surface area contributed by atoms with Gasteiger partial charge in [-0.1, -0.05) is 63.5 Å². The summed E-state index contributed by atoms with van der Waals surface area (Å²) < 4.78 is 8.16. The van der Waals surface area contributed by atoms with Crippen molar-refractivity contribution in [2.45, 2.75) is 95.6 Å². The number of nitrogens with zero attached hydrogens (tertiary/aromatic N) is 2. The molecule has 2 aliphatic carbocycles. The number of hydrogen-bond acceptors (Lipinski definition) is 3. The maximum Gasteiger partial charge on any atom is 0.349 e. The molecule has 4 nitrogen and oxygen atoms in total. The van der Waals surface area contributed by atoms with Crippen molar-refractivity contribution in [2.24, 2.45) is 11.8 Å². The van der Waals surface area contributed by atoms with E-state index in [2.05, 4.69) is 39.1 Å². The second kappa shape index (κ2) is 10.5. The monoisotopic (exact) mass is 438 g/mol. The quantitative estimate of drug-likeness (QED) is 0.565. The Labute approximate surface area is 195 Å². The van der Waals surface area contributed by atoms with E-state index >= 15 is 0 Å². The second-order valence-corrected chi connectivity index (χ2v) is 10.9. The molecule has 1 aromatic carbocycles. The Morgan fingerprint density at radius 1 is 0.969 bits per heavy atom. The van der Waals surface area contributed by atoms with Crippen LogP contribution in [0.25, 0.3) is 0 Å². The summed E-state index contributed by atoms with van der Waals surface area (Å²) in [5.74, 6) is 4.29. The van der Waals surface area contributed by atoms with Crippen molar-refractivity contribution >= 4 is 5.96 Å². The number of guanidine groups is 1. The molecule has 32 heavy (non-hydrogen) atoms. The van der Waals surface area contributed by atoms with Gasteiger partial charge in [-0.2, -0.15) is 0 Å². The van der Waals surface area contributed by atoms with E-state index in [0.29, 0.717) is 12.1 Å². The molecule has 176 valence electrons. The van der Waals surface area contributed by atoms with Crippen LogP contribution >= 0.6 is 0 Å². The molecule has 0 aromatic heterocycles. The van der Waals surface area contributed by atoms with E-state index in [0.717, 1.165) is 30.6 Å². The molecule has 0 radical (unpaired) electrons. The molecular weight excluding hydrogens is 394 g/mol. The van der Waals surface area contributed by atoms with Crippen LogP contribution in [0.15, 0.2) is 24.3 Å². The number of ether oxygens (including phenoxy) is 1. The van der Waals surface area contributed by atoms with Crippen LogP contribution in [0.1, 0.15) is 82.6 Å². The normalized spacial score (nSPS) is 27.0. The van der Waals surface area contributed by atoms with Gasteiger partial charge in [-0.05, 0) is 55.2 Å². The predicted octanol–water partition coefficient (Wildman–Crippen LogP) is 5.20. The van der Waals surface area contributed by atoms with Crippen LogP contribution in [0.3, 0.4) is 0 Å². The Balaban J connectivity index is 1.27. The van der Waals surface area contributed by atoms with Crippen molar-refractivity contribution in [3.05, 3.63) is 29.8 Å². The van der Waals surface area contributed by atoms with Crippen molar-refractivity contribution < 1.29 is 9.31 Å². The van der Waals surface area contributed by atoms with Crippen LogP contribution in [0.4, 0.5) is 0 Å². The van der Waals surface area contributed by atoms with Crippen LogP contribution in [0, 0.1) is 11.8 Å². The molecule has 2 atom stereocenters. The smallest absolute Gasteiger partial charge is 0.349 e. The van der Waals surface area contributed by atoms with E-state index < -0.39 is 0 Å². The lowest BCUT2D eigenvalue weighted by Crippen LogP contribution is -2.45. The van der Waals surface area contributed by atoms with Crippen molar-refractivity contribution in [2.75, 3.05) is 26.7 Å². The lowest BCUT2D eigenvalue weighted by Gasteiger charge is -2.28. The predicted molar refractivity (Wildman–Crippen MR) is 132 cm³/mol. The van der Waals surface area contributed by atoms with E-state index in [1.54, 1.807) is 7.11 Å². The van der Waals surface area contributed by atoms with E-state index in [9.17, 15) is 0 Å². The van der Waals surface area contributed by atoms with Crippen LogP contribution in [-0.4, -0.2) is 54.3 Å². The molecule has 0 spiro atoms. The summed E-state index contributed by atoms with van der Waals surface area (Å²) in [6.45, 7) is 3.57. The largest absolute Gasteiger partial charge is 0.497 e. The average molecular weight is 439 g/mol. The van der Waals surface area contributed by atoms with Gasteiger partial charge in [-0.3, -0.25) is 14.8 Å². The van der Waals surface area contributed by atoms with Gasteiger partial charge in [-0.25, -0.2) is 0 Å².